The lowest BCUT2D eigenvalue weighted by molar-refractivity contribution is 0.102. The van der Waals surface area contributed by atoms with Gasteiger partial charge in [-0.05, 0) is 19.1 Å². The highest BCUT2D eigenvalue weighted by Crippen LogP contribution is 2.23. The van der Waals surface area contributed by atoms with Crippen molar-refractivity contribution >= 4 is 23.2 Å². The number of nitrogens with zero attached hydrogens (tertiary/aromatic N) is 2. The van der Waals surface area contributed by atoms with E-state index in [1.165, 1.54) is 6.07 Å². The molecule has 0 bridgehead atoms. The molecule has 1 aromatic carbocycles. The molecule has 1 heterocycles. The number of rotatable bonds is 3. The van der Waals surface area contributed by atoms with Crippen molar-refractivity contribution < 1.29 is 9.90 Å². The van der Waals surface area contributed by atoms with Crippen molar-refractivity contribution in [1.82, 2.24) is 9.78 Å². The zero-order valence-electron chi connectivity index (χ0n) is 9.72. The number of hydrogen-bond acceptors (Lipinski definition) is 3. The summed E-state index contributed by atoms with van der Waals surface area (Å²) in [6.07, 6.45) is 1.58. The highest BCUT2D eigenvalue weighted by atomic mass is 35.5. The number of carbonyl (C=O) groups is 1. The molecule has 1 aromatic heterocycles. The Bertz CT molecular complexity index is 580. The number of aromatic hydroxyl groups is 1. The van der Waals surface area contributed by atoms with Crippen LogP contribution in [0.5, 0.6) is 5.75 Å². The van der Waals surface area contributed by atoms with Crippen LogP contribution in [0.4, 0.5) is 5.69 Å². The molecule has 1 amide bonds. The van der Waals surface area contributed by atoms with Gasteiger partial charge < -0.3 is 10.4 Å². The summed E-state index contributed by atoms with van der Waals surface area (Å²) in [5.41, 5.74) is 0.464. The Hall–Kier alpha value is -2.01. The molecule has 0 spiro atoms. The lowest BCUT2D eigenvalue weighted by Gasteiger charge is -2.05. The van der Waals surface area contributed by atoms with Gasteiger partial charge in [-0.25, -0.2) is 0 Å². The van der Waals surface area contributed by atoms with Crippen molar-refractivity contribution in [3.8, 4) is 5.75 Å². The molecule has 5 nitrogen and oxygen atoms in total. The predicted molar refractivity (Wildman–Crippen MR) is 69.0 cm³/mol. The molecule has 94 valence electrons. The van der Waals surface area contributed by atoms with Crippen molar-refractivity contribution in [3.05, 3.63) is 41.2 Å². The summed E-state index contributed by atoms with van der Waals surface area (Å²) in [4.78, 5) is 11.9. The summed E-state index contributed by atoms with van der Waals surface area (Å²) in [6.45, 7) is 2.53. The van der Waals surface area contributed by atoms with Crippen LogP contribution in [0, 0.1) is 0 Å². The number of nitrogens with one attached hydrogen (secondary N) is 1. The van der Waals surface area contributed by atoms with Gasteiger partial charge in [-0.1, -0.05) is 23.7 Å². The molecule has 0 unspecified atom stereocenters. The van der Waals surface area contributed by atoms with Crippen molar-refractivity contribution in [2.45, 2.75) is 13.5 Å². The van der Waals surface area contributed by atoms with E-state index in [-0.39, 0.29) is 16.5 Å². The smallest absolute Gasteiger partial charge is 0.277 e. The molecule has 0 aliphatic heterocycles. The first kappa shape index (κ1) is 12.4. The van der Waals surface area contributed by atoms with Crippen LogP contribution in [-0.2, 0) is 6.54 Å². The Kier molecular flexibility index (Phi) is 3.53. The second-order valence-corrected chi connectivity index (χ2v) is 4.06. The third-order valence-electron chi connectivity index (χ3n) is 2.41. The second kappa shape index (κ2) is 5.10. The zero-order chi connectivity index (χ0) is 13.1. The van der Waals surface area contributed by atoms with E-state index in [0.29, 0.717) is 12.2 Å². The van der Waals surface area contributed by atoms with E-state index in [1.54, 1.807) is 29.1 Å². The number of anilines is 1. The molecule has 0 aliphatic carbocycles. The van der Waals surface area contributed by atoms with Gasteiger partial charge in [-0.15, -0.1) is 0 Å². The Morgan fingerprint density at radius 3 is 2.83 bits per heavy atom. The van der Waals surface area contributed by atoms with Crippen LogP contribution in [-0.4, -0.2) is 20.8 Å². The van der Waals surface area contributed by atoms with Gasteiger partial charge in [-0.2, -0.15) is 5.10 Å². The van der Waals surface area contributed by atoms with Crippen molar-refractivity contribution in [1.29, 1.82) is 0 Å². The molecule has 18 heavy (non-hydrogen) atoms. The van der Waals surface area contributed by atoms with E-state index in [1.807, 2.05) is 6.92 Å². The van der Waals surface area contributed by atoms with E-state index in [4.69, 9.17) is 11.6 Å². The fourth-order valence-corrected chi connectivity index (χ4v) is 1.71. The van der Waals surface area contributed by atoms with E-state index in [0.717, 1.165) is 0 Å². The average molecular weight is 266 g/mol. The molecular weight excluding hydrogens is 254 g/mol. The number of phenolic OH excluding ortho intramolecular Hbond substituents is 1. The van der Waals surface area contributed by atoms with Crippen molar-refractivity contribution in [2.75, 3.05) is 5.32 Å². The summed E-state index contributed by atoms with van der Waals surface area (Å²) in [7, 11) is 0. The molecule has 6 heteroatoms. The SMILES string of the molecule is CCn1cc(Cl)c(C(=O)Nc2ccccc2O)n1. The minimum atomic E-state index is -0.450. The molecular formula is C12H12ClN3O2. The maximum atomic E-state index is 11.9. The van der Waals surface area contributed by atoms with Gasteiger partial charge in [0.05, 0.1) is 10.7 Å². The van der Waals surface area contributed by atoms with Crippen LogP contribution in [0.2, 0.25) is 5.02 Å². The molecule has 0 fully saturated rings. The van der Waals surface area contributed by atoms with Gasteiger partial charge in [0.15, 0.2) is 5.69 Å². The highest BCUT2D eigenvalue weighted by molar-refractivity contribution is 6.34. The van der Waals surface area contributed by atoms with Gasteiger partial charge >= 0.3 is 0 Å². The lowest BCUT2D eigenvalue weighted by atomic mass is 10.3. The molecule has 2 aromatic rings. The van der Waals surface area contributed by atoms with Crippen LogP contribution in [0.1, 0.15) is 17.4 Å². The summed E-state index contributed by atoms with van der Waals surface area (Å²) in [6, 6.07) is 6.46. The monoisotopic (exact) mass is 265 g/mol. The molecule has 0 saturated carbocycles. The maximum absolute atomic E-state index is 11.9. The number of benzene rings is 1. The van der Waals surface area contributed by atoms with E-state index >= 15 is 0 Å². The van der Waals surface area contributed by atoms with Gasteiger partial charge in [0, 0.05) is 12.7 Å². The van der Waals surface area contributed by atoms with Crippen LogP contribution >= 0.6 is 11.6 Å². The summed E-state index contributed by atoms with van der Waals surface area (Å²) in [5, 5.41) is 16.4. The average Bonchev–Trinajstić information content (AvgIpc) is 2.73. The number of halogens is 1. The normalized spacial score (nSPS) is 10.3. The van der Waals surface area contributed by atoms with Gasteiger partial charge in [0.1, 0.15) is 5.75 Å². The molecule has 0 aliphatic rings. The fraction of sp³-hybridized carbons (Fsp3) is 0.167. The van der Waals surface area contributed by atoms with Crippen LogP contribution < -0.4 is 5.32 Å². The minimum absolute atomic E-state index is 0.00287. The topological polar surface area (TPSA) is 67.2 Å². The number of amides is 1. The van der Waals surface area contributed by atoms with Crippen molar-refractivity contribution in [3.63, 3.8) is 0 Å². The maximum Gasteiger partial charge on any atom is 0.277 e. The molecule has 0 saturated heterocycles. The number of carbonyl (C=O) groups excluding carboxylic acids is 1. The Morgan fingerprint density at radius 1 is 1.50 bits per heavy atom. The first-order valence-electron chi connectivity index (χ1n) is 5.44. The number of aryl methyl sites for hydroxylation is 1. The zero-order valence-corrected chi connectivity index (χ0v) is 10.5. The molecule has 0 atom stereocenters. The number of phenols is 1. The largest absolute Gasteiger partial charge is 0.506 e. The first-order valence-corrected chi connectivity index (χ1v) is 5.82. The molecule has 2 rings (SSSR count). The molecule has 2 N–H and O–H groups in total. The number of aromatic nitrogens is 2. The number of hydrogen-bond donors (Lipinski definition) is 2. The molecule has 0 radical (unpaired) electrons. The van der Waals surface area contributed by atoms with Crippen LogP contribution in [0.15, 0.2) is 30.5 Å². The van der Waals surface area contributed by atoms with Crippen molar-refractivity contribution in [2.24, 2.45) is 0 Å². The van der Waals surface area contributed by atoms with Gasteiger partial charge in [0.2, 0.25) is 0 Å². The summed E-state index contributed by atoms with van der Waals surface area (Å²) >= 11 is 5.92. The predicted octanol–water partition coefficient (Wildman–Crippen LogP) is 2.51. The van der Waals surface area contributed by atoms with E-state index < -0.39 is 5.91 Å². The van der Waals surface area contributed by atoms with E-state index in [9.17, 15) is 9.90 Å². The quantitative estimate of drug-likeness (QED) is 0.838. The van der Waals surface area contributed by atoms with Gasteiger partial charge in [-0.3, -0.25) is 9.48 Å². The Morgan fingerprint density at radius 2 is 2.22 bits per heavy atom. The highest BCUT2D eigenvalue weighted by Gasteiger charge is 2.16. The fourth-order valence-electron chi connectivity index (χ4n) is 1.47. The summed E-state index contributed by atoms with van der Waals surface area (Å²) in [5.74, 6) is -0.453. The second-order valence-electron chi connectivity index (χ2n) is 3.65. The van der Waals surface area contributed by atoms with Gasteiger partial charge in [0.25, 0.3) is 5.91 Å². The summed E-state index contributed by atoms with van der Waals surface area (Å²) < 4.78 is 1.57. The lowest BCUT2D eigenvalue weighted by Crippen LogP contribution is -2.13. The van der Waals surface area contributed by atoms with Crippen LogP contribution in [0.25, 0.3) is 0 Å². The number of para-hydroxylation sites is 2. The minimum Gasteiger partial charge on any atom is -0.506 e. The standard InChI is InChI=1S/C12H12ClN3O2/c1-2-16-7-8(13)11(15-16)12(18)14-9-5-3-4-6-10(9)17/h3-7,17H,2H2,1H3,(H,14,18). The third kappa shape index (κ3) is 2.46. The Balaban J connectivity index is 2.22. The Labute approximate surface area is 109 Å². The third-order valence-corrected chi connectivity index (χ3v) is 2.68. The van der Waals surface area contributed by atoms with E-state index in [2.05, 4.69) is 10.4 Å². The first-order chi connectivity index (χ1) is 8.61. The van der Waals surface area contributed by atoms with Crippen LogP contribution in [0.3, 0.4) is 0 Å².